The van der Waals surface area contributed by atoms with Gasteiger partial charge in [-0.3, -0.25) is 9.59 Å². The number of alkyl halides is 1. The molecule has 30 heavy (non-hydrogen) atoms. The van der Waals surface area contributed by atoms with Gasteiger partial charge >= 0.3 is 0 Å². The van der Waals surface area contributed by atoms with Crippen molar-refractivity contribution in [2.45, 2.75) is 57.3 Å². The van der Waals surface area contributed by atoms with E-state index in [1.54, 1.807) is 36.3 Å². The van der Waals surface area contributed by atoms with Gasteiger partial charge in [0.2, 0.25) is 5.91 Å². The Labute approximate surface area is 184 Å². The smallest absolute Gasteiger partial charge is 0.251 e. The van der Waals surface area contributed by atoms with E-state index in [1.165, 1.54) is 0 Å². The molecular weight excluding hydrogens is 409 g/mol. The van der Waals surface area contributed by atoms with Crippen LogP contribution in [0.1, 0.15) is 49.4 Å². The second-order valence-corrected chi connectivity index (χ2v) is 8.37. The summed E-state index contributed by atoms with van der Waals surface area (Å²) in [5.41, 5.74) is 6.85. The summed E-state index contributed by atoms with van der Waals surface area (Å²) in [7, 11) is 1.59. The molecule has 1 aromatic rings. The maximum absolute atomic E-state index is 13.4. The van der Waals surface area contributed by atoms with Gasteiger partial charge in [0, 0.05) is 18.2 Å². The van der Waals surface area contributed by atoms with Crippen LogP contribution >= 0.6 is 12.4 Å². The number of nitrogens with zero attached hydrogens (tertiary/aromatic N) is 1. The topological polar surface area (TPSA) is 84.7 Å². The van der Waals surface area contributed by atoms with Crippen LogP contribution in [0.2, 0.25) is 0 Å². The third-order valence-corrected chi connectivity index (χ3v) is 6.50. The quantitative estimate of drug-likeness (QED) is 0.710. The van der Waals surface area contributed by atoms with E-state index in [1.807, 2.05) is 6.92 Å². The Hall–Kier alpha value is -1.86. The molecule has 1 heterocycles. The van der Waals surface area contributed by atoms with Gasteiger partial charge in [0.15, 0.2) is 0 Å². The summed E-state index contributed by atoms with van der Waals surface area (Å²) in [6, 6.07) is 6.61. The van der Waals surface area contributed by atoms with Crippen LogP contribution in [0.3, 0.4) is 0 Å². The minimum atomic E-state index is -0.925. The summed E-state index contributed by atoms with van der Waals surface area (Å²) < 4.78 is 18.5. The van der Waals surface area contributed by atoms with Crippen LogP contribution in [0.15, 0.2) is 24.3 Å². The van der Waals surface area contributed by atoms with Crippen LogP contribution in [-0.4, -0.2) is 55.2 Å². The van der Waals surface area contributed by atoms with Crippen molar-refractivity contribution in [2.75, 3.05) is 20.2 Å². The zero-order valence-corrected chi connectivity index (χ0v) is 18.5. The van der Waals surface area contributed by atoms with Crippen molar-refractivity contribution in [2.24, 2.45) is 17.6 Å². The van der Waals surface area contributed by atoms with Gasteiger partial charge in [-0.2, -0.15) is 0 Å². The molecule has 1 saturated carbocycles. The SMILES string of the molecule is COc1ccc(C(=O)NC2CCC([C@H](C)[C@H](N)C(=O)N3CC[C@H](F)C3)CC2)cc1.Cl. The van der Waals surface area contributed by atoms with E-state index in [0.717, 1.165) is 31.4 Å². The zero-order chi connectivity index (χ0) is 21.0. The Balaban J connectivity index is 0.00000320. The van der Waals surface area contributed by atoms with Gasteiger partial charge in [0.25, 0.3) is 5.91 Å². The van der Waals surface area contributed by atoms with E-state index in [-0.39, 0.29) is 42.7 Å². The first-order valence-electron chi connectivity index (χ1n) is 10.5. The van der Waals surface area contributed by atoms with E-state index in [0.29, 0.717) is 24.4 Å². The summed E-state index contributed by atoms with van der Waals surface area (Å²) in [5.74, 6) is 0.891. The van der Waals surface area contributed by atoms with Crippen molar-refractivity contribution < 1.29 is 18.7 Å². The molecule has 0 aromatic heterocycles. The molecule has 0 unspecified atom stereocenters. The van der Waals surface area contributed by atoms with Gasteiger partial charge < -0.3 is 20.7 Å². The highest BCUT2D eigenvalue weighted by molar-refractivity contribution is 5.94. The molecule has 2 fully saturated rings. The molecule has 2 aliphatic rings. The monoisotopic (exact) mass is 441 g/mol. The standard InChI is InChI=1S/C22H32FN3O3.ClH/c1-14(20(24)22(28)26-12-11-17(23)13-26)15-3-7-18(8-4-15)25-21(27)16-5-9-19(29-2)10-6-16;/h5-6,9-10,14-15,17-18,20H,3-4,7-8,11-13,24H2,1-2H3,(H,25,27);1H/t14-,15?,17-,18?,20-;/m0./s1. The normalized spacial score (nSPS) is 25.7. The van der Waals surface area contributed by atoms with Crippen molar-refractivity contribution in [1.82, 2.24) is 10.2 Å². The molecular formula is C22H33ClFN3O3. The predicted octanol–water partition coefficient (Wildman–Crippen LogP) is 2.94. The lowest BCUT2D eigenvalue weighted by Crippen LogP contribution is -2.49. The second-order valence-electron chi connectivity index (χ2n) is 8.37. The molecule has 3 N–H and O–H groups in total. The average molecular weight is 442 g/mol. The number of methoxy groups -OCH3 is 1. The number of ether oxygens (including phenoxy) is 1. The first-order valence-corrected chi connectivity index (χ1v) is 10.5. The lowest BCUT2D eigenvalue weighted by molar-refractivity contribution is -0.133. The number of nitrogens with two attached hydrogens (primary N) is 1. The molecule has 1 saturated heterocycles. The molecule has 0 radical (unpaired) electrons. The number of likely N-dealkylation sites (tertiary alicyclic amines) is 1. The van der Waals surface area contributed by atoms with Crippen LogP contribution in [0.5, 0.6) is 5.75 Å². The van der Waals surface area contributed by atoms with Gasteiger partial charge in [0.05, 0.1) is 19.7 Å². The zero-order valence-electron chi connectivity index (χ0n) is 17.7. The number of hydrogen-bond donors (Lipinski definition) is 2. The van der Waals surface area contributed by atoms with Crippen molar-refractivity contribution >= 4 is 24.2 Å². The molecule has 0 bridgehead atoms. The van der Waals surface area contributed by atoms with Crippen molar-refractivity contribution in [3.8, 4) is 5.75 Å². The summed E-state index contributed by atoms with van der Waals surface area (Å²) in [4.78, 5) is 26.6. The Morgan fingerprint density at radius 3 is 2.33 bits per heavy atom. The largest absolute Gasteiger partial charge is 0.497 e. The van der Waals surface area contributed by atoms with Gasteiger partial charge in [-0.05, 0) is 68.2 Å². The van der Waals surface area contributed by atoms with Gasteiger partial charge in [-0.25, -0.2) is 4.39 Å². The van der Waals surface area contributed by atoms with Gasteiger partial charge in [0.1, 0.15) is 11.9 Å². The molecule has 6 nitrogen and oxygen atoms in total. The Morgan fingerprint density at radius 2 is 1.80 bits per heavy atom. The Morgan fingerprint density at radius 1 is 1.17 bits per heavy atom. The predicted molar refractivity (Wildman–Crippen MR) is 117 cm³/mol. The lowest BCUT2D eigenvalue weighted by Gasteiger charge is -2.35. The highest BCUT2D eigenvalue weighted by Gasteiger charge is 2.36. The fraction of sp³-hybridized carbons (Fsp3) is 0.636. The molecule has 1 aromatic carbocycles. The summed E-state index contributed by atoms with van der Waals surface area (Å²) in [6.07, 6.45) is 3.06. The number of carbonyl (C=O) groups is 2. The van der Waals surface area contributed by atoms with Crippen LogP contribution < -0.4 is 15.8 Å². The number of carbonyl (C=O) groups excluding carboxylic acids is 2. The third-order valence-electron chi connectivity index (χ3n) is 6.50. The Kier molecular flexibility index (Phi) is 8.92. The number of halogens is 2. The fourth-order valence-corrected chi connectivity index (χ4v) is 4.45. The van der Waals surface area contributed by atoms with E-state index in [2.05, 4.69) is 5.32 Å². The molecule has 1 aliphatic heterocycles. The molecule has 1 aliphatic carbocycles. The summed E-state index contributed by atoms with van der Waals surface area (Å²) in [5, 5.41) is 3.11. The van der Waals surface area contributed by atoms with Crippen LogP contribution in [0, 0.1) is 11.8 Å². The summed E-state index contributed by atoms with van der Waals surface area (Å²) in [6.45, 7) is 2.65. The average Bonchev–Trinajstić information content (AvgIpc) is 3.19. The highest BCUT2D eigenvalue weighted by Crippen LogP contribution is 2.32. The number of rotatable bonds is 6. The maximum Gasteiger partial charge on any atom is 0.251 e. The van der Waals surface area contributed by atoms with Crippen LogP contribution in [-0.2, 0) is 4.79 Å². The van der Waals surface area contributed by atoms with Crippen LogP contribution in [0.25, 0.3) is 0 Å². The lowest BCUT2D eigenvalue weighted by atomic mass is 9.76. The van der Waals surface area contributed by atoms with Gasteiger partial charge in [-0.15, -0.1) is 12.4 Å². The minimum absolute atomic E-state index is 0. The van der Waals surface area contributed by atoms with E-state index < -0.39 is 12.2 Å². The van der Waals surface area contributed by atoms with Crippen LogP contribution in [0.4, 0.5) is 4.39 Å². The molecule has 3 rings (SSSR count). The molecule has 3 atom stereocenters. The molecule has 0 spiro atoms. The fourth-order valence-electron chi connectivity index (χ4n) is 4.45. The van der Waals surface area contributed by atoms with E-state index >= 15 is 0 Å². The number of nitrogens with one attached hydrogen (secondary N) is 1. The summed E-state index contributed by atoms with van der Waals surface area (Å²) >= 11 is 0. The number of amides is 2. The number of hydrogen-bond acceptors (Lipinski definition) is 4. The maximum atomic E-state index is 13.4. The van der Waals surface area contributed by atoms with E-state index in [9.17, 15) is 14.0 Å². The van der Waals surface area contributed by atoms with Crippen molar-refractivity contribution in [1.29, 1.82) is 0 Å². The first-order chi connectivity index (χ1) is 13.9. The third kappa shape index (κ3) is 5.85. The van der Waals surface area contributed by atoms with Gasteiger partial charge in [-0.1, -0.05) is 6.92 Å². The first kappa shape index (κ1) is 24.4. The highest BCUT2D eigenvalue weighted by atomic mass is 35.5. The van der Waals surface area contributed by atoms with Crippen molar-refractivity contribution in [3.63, 3.8) is 0 Å². The second kappa shape index (κ2) is 11.0. The molecule has 2 amide bonds. The molecule has 8 heteroatoms. The minimum Gasteiger partial charge on any atom is -0.497 e. The van der Waals surface area contributed by atoms with E-state index in [4.69, 9.17) is 10.5 Å². The Bertz CT molecular complexity index is 710. The van der Waals surface area contributed by atoms with Crippen molar-refractivity contribution in [3.05, 3.63) is 29.8 Å². The molecule has 168 valence electrons. The number of benzene rings is 1.